The Kier molecular flexibility index (Phi) is 3.31. The molecule has 0 radical (unpaired) electrons. The number of rotatable bonds is 1. The van der Waals surface area contributed by atoms with Crippen LogP contribution in [-0.2, 0) is 0 Å². The molecule has 15 heavy (non-hydrogen) atoms. The second-order valence-electron chi connectivity index (χ2n) is 2.66. The second kappa shape index (κ2) is 4.38. The third-order valence-corrected chi connectivity index (χ3v) is 4.18. The number of nitrogens with zero attached hydrogens (tertiary/aromatic N) is 2. The summed E-state index contributed by atoms with van der Waals surface area (Å²) in [6, 6.07) is 1.78. The molecule has 0 aliphatic heterocycles. The van der Waals surface area contributed by atoms with Crippen molar-refractivity contribution in [3.05, 3.63) is 25.0 Å². The molecule has 0 bridgehead atoms. The first-order chi connectivity index (χ1) is 7.08. The predicted molar refractivity (Wildman–Crippen MR) is 72.3 cm³/mol. The van der Waals surface area contributed by atoms with Gasteiger partial charge in [-0.1, -0.05) is 0 Å². The Balaban J connectivity index is 2.49. The average molecular weight is 445 g/mol. The van der Waals surface area contributed by atoms with E-state index in [1.165, 1.54) is 0 Å². The quantitative estimate of drug-likeness (QED) is 0.684. The van der Waals surface area contributed by atoms with E-state index in [9.17, 15) is 0 Å². The highest BCUT2D eigenvalue weighted by atomic mass is 127. The lowest BCUT2D eigenvalue weighted by Gasteiger charge is -1.98. The predicted octanol–water partition coefficient (Wildman–Crippen LogP) is 3.45. The van der Waals surface area contributed by atoms with Gasteiger partial charge in [0.1, 0.15) is 5.82 Å². The van der Waals surface area contributed by atoms with Crippen LogP contribution in [0.2, 0.25) is 0 Å². The van der Waals surface area contributed by atoms with E-state index in [1.807, 2.05) is 0 Å². The molecule has 0 amide bonds. The summed E-state index contributed by atoms with van der Waals surface area (Å²) in [6.07, 6.45) is 1.66. The van der Waals surface area contributed by atoms with Gasteiger partial charge in [-0.25, -0.2) is 9.97 Å². The summed E-state index contributed by atoms with van der Waals surface area (Å²) in [6.45, 7) is 0. The molecule has 2 aromatic heterocycles. The maximum atomic E-state index is 5.68. The van der Waals surface area contributed by atoms with Gasteiger partial charge in [0, 0.05) is 12.3 Å². The SMILES string of the molecule is Nc1nc(-c2cc(Br)c(Br)o2)ncc1I. The standard InChI is InChI=1S/C8H4Br2IN3O/c9-3-1-5(15-6(3)10)8-13-2-4(11)7(12)14-8/h1-2H,(H2,12,13,14). The van der Waals surface area contributed by atoms with Crippen molar-refractivity contribution in [1.82, 2.24) is 9.97 Å². The van der Waals surface area contributed by atoms with Crippen LogP contribution in [0.25, 0.3) is 11.6 Å². The number of nitrogen functional groups attached to an aromatic ring is 1. The Labute approximate surface area is 116 Å². The maximum Gasteiger partial charge on any atom is 0.197 e. The molecule has 7 heteroatoms. The molecule has 0 aliphatic carbocycles. The minimum Gasteiger partial charge on any atom is -0.445 e. The van der Waals surface area contributed by atoms with Crippen LogP contribution in [0.3, 0.4) is 0 Å². The van der Waals surface area contributed by atoms with E-state index in [4.69, 9.17) is 10.2 Å². The molecular weight excluding hydrogens is 441 g/mol. The van der Waals surface area contributed by atoms with Gasteiger partial charge < -0.3 is 10.2 Å². The van der Waals surface area contributed by atoms with Gasteiger partial charge in [0.05, 0.1) is 8.04 Å². The molecule has 2 N–H and O–H groups in total. The monoisotopic (exact) mass is 443 g/mol. The fraction of sp³-hybridized carbons (Fsp3) is 0. The molecule has 0 aromatic carbocycles. The van der Waals surface area contributed by atoms with E-state index in [-0.39, 0.29) is 0 Å². The van der Waals surface area contributed by atoms with E-state index < -0.39 is 0 Å². The Morgan fingerprint density at radius 1 is 1.40 bits per heavy atom. The van der Waals surface area contributed by atoms with E-state index in [0.29, 0.717) is 22.1 Å². The lowest BCUT2D eigenvalue weighted by molar-refractivity contribution is 0.549. The third kappa shape index (κ3) is 2.34. The van der Waals surface area contributed by atoms with Crippen molar-refractivity contribution in [2.24, 2.45) is 0 Å². The molecular formula is C8H4Br2IN3O. The topological polar surface area (TPSA) is 64.9 Å². The van der Waals surface area contributed by atoms with Crippen LogP contribution >= 0.6 is 54.5 Å². The Morgan fingerprint density at radius 2 is 2.13 bits per heavy atom. The zero-order valence-electron chi connectivity index (χ0n) is 7.17. The van der Waals surface area contributed by atoms with Crippen molar-refractivity contribution < 1.29 is 4.42 Å². The lowest BCUT2D eigenvalue weighted by Crippen LogP contribution is -1.97. The van der Waals surface area contributed by atoms with Gasteiger partial charge in [-0.05, 0) is 54.5 Å². The molecule has 2 aromatic rings. The molecule has 2 heterocycles. The van der Waals surface area contributed by atoms with Gasteiger partial charge in [0.15, 0.2) is 16.3 Å². The Morgan fingerprint density at radius 3 is 2.67 bits per heavy atom. The summed E-state index contributed by atoms with van der Waals surface area (Å²) in [7, 11) is 0. The average Bonchev–Trinajstić information content (AvgIpc) is 2.52. The number of hydrogen-bond acceptors (Lipinski definition) is 4. The molecule has 0 fully saturated rings. The minimum atomic E-state index is 0.448. The van der Waals surface area contributed by atoms with E-state index in [0.717, 1.165) is 8.04 Å². The number of hydrogen-bond donors (Lipinski definition) is 1. The van der Waals surface area contributed by atoms with Crippen LogP contribution in [0.5, 0.6) is 0 Å². The highest BCUT2D eigenvalue weighted by Crippen LogP contribution is 2.31. The summed E-state index contributed by atoms with van der Waals surface area (Å²) in [4.78, 5) is 8.25. The summed E-state index contributed by atoms with van der Waals surface area (Å²) < 4.78 is 7.63. The summed E-state index contributed by atoms with van der Waals surface area (Å²) >= 11 is 8.64. The number of aromatic nitrogens is 2. The molecule has 0 saturated heterocycles. The van der Waals surface area contributed by atoms with Gasteiger partial charge in [-0.15, -0.1) is 0 Å². The molecule has 0 unspecified atom stereocenters. The van der Waals surface area contributed by atoms with Crippen LogP contribution in [0.4, 0.5) is 5.82 Å². The van der Waals surface area contributed by atoms with Crippen molar-refractivity contribution >= 4 is 60.3 Å². The van der Waals surface area contributed by atoms with Crippen LogP contribution in [0.15, 0.2) is 25.8 Å². The Hall–Kier alpha value is -0.150. The maximum absolute atomic E-state index is 5.68. The van der Waals surface area contributed by atoms with Crippen LogP contribution in [0, 0.1) is 3.57 Å². The summed E-state index contributed by atoms with van der Waals surface area (Å²) in [5.74, 6) is 1.49. The first-order valence-electron chi connectivity index (χ1n) is 3.81. The van der Waals surface area contributed by atoms with E-state index in [2.05, 4.69) is 64.4 Å². The lowest BCUT2D eigenvalue weighted by atomic mass is 10.4. The van der Waals surface area contributed by atoms with Gasteiger partial charge in [0.25, 0.3) is 0 Å². The van der Waals surface area contributed by atoms with Gasteiger partial charge in [-0.3, -0.25) is 0 Å². The molecule has 0 atom stereocenters. The Bertz CT molecular complexity index is 495. The van der Waals surface area contributed by atoms with Crippen molar-refractivity contribution in [1.29, 1.82) is 0 Å². The molecule has 0 saturated carbocycles. The van der Waals surface area contributed by atoms with Gasteiger partial charge >= 0.3 is 0 Å². The van der Waals surface area contributed by atoms with Crippen molar-refractivity contribution in [3.63, 3.8) is 0 Å². The highest BCUT2D eigenvalue weighted by Gasteiger charge is 2.11. The number of halogens is 3. The molecule has 0 spiro atoms. The third-order valence-electron chi connectivity index (χ3n) is 1.64. The fourth-order valence-electron chi connectivity index (χ4n) is 0.956. The second-order valence-corrected chi connectivity index (χ2v) is 5.40. The number of anilines is 1. The normalized spacial score (nSPS) is 10.6. The fourth-order valence-corrected chi connectivity index (χ4v) is 1.79. The zero-order chi connectivity index (χ0) is 11.0. The molecule has 78 valence electrons. The van der Waals surface area contributed by atoms with Gasteiger partial charge in [0.2, 0.25) is 0 Å². The van der Waals surface area contributed by atoms with Crippen LogP contribution in [0.1, 0.15) is 0 Å². The van der Waals surface area contributed by atoms with Crippen molar-refractivity contribution in [3.8, 4) is 11.6 Å². The van der Waals surface area contributed by atoms with Crippen LogP contribution in [-0.4, -0.2) is 9.97 Å². The van der Waals surface area contributed by atoms with E-state index in [1.54, 1.807) is 12.3 Å². The van der Waals surface area contributed by atoms with Crippen molar-refractivity contribution in [2.45, 2.75) is 0 Å². The van der Waals surface area contributed by atoms with Crippen LogP contribution < -0.4 is 5.73 Å². The number of furan rings is 1. The van der Waals surface area contributed by atoms with Crippen molar-refractivity contribution in [2.75, 3.05) is 5.73 Å². The molecule has 0 aliphatic rings. The highest BCUT2D eigenvalue weighted by molar-refractivity contribution is 14.1. The van der Waals surface area contributed by atoms with Gasteiger partial charge in [-0.2, -0.15) is 0 Å². The molecule has 4 nitrogen and oxygen atoms in total. The first-order valence-corrected chi connectivity index (χ1v) is 6.47. The van der Waals surface area contributed by atoms with E-state index >= 15 is 0 Å². The first kappa shape index (κ1) is 11.3. The summed E-state index contributed by atoms with van der Waals surface area (Å²) in [5.41, 5.74) is 5.68. The largest absolute Gasteiger partial charge is 0.445 e. The smallest absolute Gasteiger partial charge is 0.197 e. The minimum absolute atomic E-state index is 0.448. The summed E-state index contributed by atoms with van der Waals surface area (Å²) in [5, 5.41) is 0. The number of nitrogens with two attached hydrogens (primary N) is 1. The zero-order valence-corrected chi connectivity index (χ0v) is 12.5. The molecule has 2 rings (SSSR count).